The van der Waals surface area contributed by atoms with Crippen molar-refractivity contribution in [2.75, 3.05) is 0 Å². The molecule has 0 bridgehead atoms. The van der Waals surface area contributed by atoms with Crippen LogP contribution in [0.15, 0.2) is 47.9 Å². The molecular weight excluding hydrogens is 396 g/mol. The Morgan fingerprint density at radius 1 is 0.625 bits per heavy atom. The van der Waals surface area contributed by atoms with Gasteiger partial charge >= 0.3 is 0 Å². The Balaban J connectivity index is 0.000000323. The van der Waals surface area contributed by atoms with E-state index >= 15 is 0 Å². The molecule has 2 amide bonds. The topological polar surface area (TPSA) is 58.2 Å². The second-order valence-corrected chi connectivity index (χ2v) is 9.04. The molecule has 0 radical (unpaired) electrons. The van der Waals surface area contributed by atoms with Gasteiger partial charge in [0.05, 0.1) is 0 Å². The fraction of sp³-hybridized carbons (Fsp3) is 0.643. The van der Waals surface area contributed by atoms with Gasteiger partial charge in [0, 0.05) is 35.4 Å². The zero-order chi connectivity index (χ0) is 23.6. The van der Waals surface area contributed by atoms with Crippen LogP contribution in [0.2, 0.25) is 0 Å². The summed E-state index contributed by atoms with van der Waals surface area (Å²) in [4.78, 5) is 22.7. The van der Waals surface area contributed by atoms with E-state index in [1.807, 2.05) is 0 Å². The normalized spacial score (nSPS) is 18.2. The summed E-state index contributed by atoms with van der Waals surface area (Å²) >= 11 is 0. The first-order valence-electron chi connectivity index (χ1n) is 12.8. The summed E-state index contributed by atoms with van der Waals surface area (Å²) in [6.07, 6.45) is 23.3. The van der Waals surface area contributed by atoms with Gasteiger partial charge in [-0.15, -0.1) is 0 Å². The highest BCUT2D eigenvalue weighted by Crippen LogP contribution is 2.18. The second-order valence-electron chi connectivity index (χ2n) is 9.04. The van der Waals surface area contributed by atoms with Crippen molar-refractivity contribution in [2.24, 2.45) is 0 Å². The van der Waals surface area contributed by atoms with Crippen molar-refractivity contribution < 1.29 is 9.59 Å². The quantitative estimate of drug-likeness (QED) is 0.217. The maximum atomic E-state index is 11.4. The Kier molecular flexibility index (Phi) is 15.2. The second kappa shape index (κ2) is 17.5. The van der Waals surface area contributed by atoms with Gasteiger partial charge in [-0.2, -0.15) is 0 Å². The lowest BCUT2D eigenvalue weighted by molar-refractivity contribution is -0.116. The molecule has 0 saturated carbocycles. The number of amides is 2. The molecule has 180 valence electrons. The molecule has 0 unspecified atom stereocenters. The highest BCUT2D eigenvalue weighted by molar-refractivity contribution is 5.98. The third-order valence-corrected chi connectivity index (χ3v) is 5.87. The molecule has 0 atom stereocenters. The zero-order valence-electron chi connectivity index (χ0n) is 20.7. The predicted octanol–water partition coefficient (Wildman–Crippen LogP) is 7.39. The largest absolute Gasteiger partial charge is 0.326 e. The lowest BCUT2D eigenvalue weighted by Gasteiger charge is -1.99. The van der Waals surface area contributed by atoms with Crippen molar-refractivity contribution in [3.63, 3.8) is 0 Å². The van der Waals surface area contributed by atoms with Crippen LogP contribution < -0.4 is 10.6 Å². The summed E-state index contributed by atoms with van der Waals surface area (Å²) in [5, 5.41) is 5.47. The van der Waals surface area contributed by atoms with Crippen LogP contribution in [0.4, 0.5) is 0 Å². The number of nitrogens with one attached hydrogen (secondary N) is 2. The summed E-state index contributed by atoms with van der Waals surface area (Å²) in [7, 11) is 0. The number of carbonyl (C=O) groups is 2. The number of hydrogen-bond acceptors (Lipinski definition) is 2. The van der Waals surface area contributed by atoms with Gasteiger partial charge in [0.15, 0.2) is 0 Å². The van der Waals surface area contributed by atoms with Gasteiger partial charge < -0.3 is 10.6 Å². The van der Waals surface area contributed by atoms with E-state index in [0.29, 0.717) is 6.42 Å². The SMILES string of the molecule is C=C1C/C(=C\CCCCCCC)C(=O)N1.C=C1C/C(=C\CCCCCCCCC)C(=O)N1. The van der Waals surface area contributed by atoms with Crippen LogP contribution in [0.1, 0.15) is 117 Å². The lowest BCUT2D eigenvalue weighted by atomic mass is 10.1. The van der Waals surface area contributed by atoms with E-state index in [2.05, 4.69) is 49.8 Å². The summed E-state index contributed by atoms with van der Waals surface area (Å²) < 4.78 is 0. The minimum absolute atomic E-state index is 0.0496. The molecule has 0 aromatic heterocycles. The van der Waals surface area contributed by atoms with Gasteiger partial charge in [0.2, 0.25) is 0 Å². The van der Waals surface area contributed by atoms with Gasteiger partial charge in [-0.1, -0.05) is 103 Å². The Bertz CT molecular complexity index is 673. The molecule has 2 aliphatic rings. The van der Waals surface area contributed by atoms with Gasteiger partial charge in [-0.05, 0) is 25.7 Å². The number of allylic oxidation sites excluding steroid dienone is 4. The van der Waals surface area contributed by atoms with Crippen LogP contribution in [-0.4, -0.2) is 11.8 Å². The maximum absolute atomic E-state index is 11.4. The van der Waals surface area contributed by atoms with E-state index in [0.717, 1.165) is 41.8 Å². The summed E-state index contributed by atoms with van der Waals surface area (Å²) in [6, 6.07) is 0. The molecule has 2 saturated heterocycles. The molecular formula is C28H46N2O2. The molecule has 0 aliphatic carbocycles. The van der Waals surface area contributed by atoms with Crippen molar-refractivity contribution in [1.82, 2.24) is 10.6 Å². The summed E-state index contributed by atoms with van der Waals surface area (Å²) in [6.45, 7) is 12.0. The van der Waals surface area contributed by atoms with Gasteiger partial charge in [0.1, 0.15) is 0 Å². The maximum Gasteiger partial charge on any atom is 0.251 e. The standard InChI is InChI=1S/C15H25NO.C13H21NO/c1-3-4-5-6-7-8-9-10-11-14-12-13(2)16-15(14)17;1-3-4-5-6-7-8-9-12-10-11(2)14-13(12)15/h11H,2-10,12H2,1H3,(H,16,17);9H,2-8,10H2,1H3,(H,14,15)/b14-11+;12-9+. The Hall–Kier alpha value is -2.10. The lowest BCUT2D eigenvalue weighted by Crippen LogP contribution is -2.12. The number of carbonyl (C=O) groups excluding carboxylic acids is 2. The van der Waals surface area contributed by atoms with Crippen LogP contribution in [0, 0.1) is 0 Å². The fourth-order valence-corrected chi connectivity index (χ4v) is 3.92. The van der Waals surface area contributed by atoms with Crippen molar-refractivity contribution in [1.29, 1.82) is 0 Å². The van der Waals surface area contributed by atoms with Gasteiger partial charge in [-0.25, -0.2) is 0 Å². The van der Waals surface area contributed by atoms with E-state index < -0.39 is 0 Å². The first-order valence-corrected chi connectivity index (χ1v) is 12.8. The summed E-state index contributed by atoms with van der Waals surface area (Å²) in [5.41, 5.74) is 3.47. The monoisotopic (exact) mass is 442 g/mol. The zero-order valence-corrected chi connectivity index (χ0v) is 20.7. The fourth-order valence-electron chi connectivity index (χ4n) is 3.92. The molecule has 2 N–H and O–H groups in total. The van der Waals surface area contributed by atoms with Crippen molar-refractivity contribution >= 4 is 11.8 Å². The third-order valence-electron chi connectivity index (χ3n) is 5.87. The highest BCUT2D eigenvalue weighted by Gasteiger charge is 2.19. The molecule has 0 aromatic rings. The molecule has 2 heterocycles. The molecule has 4 nitrogen and oxygen atoms in total. The van der Waals surface area contributed by atoms with Crippen molar-refractivity contribution in [3.05, 3.63) is 47.9 Å². The van der Waals surface area contributed by atoms with E-state index in [-0.39, 0.29) is 11.8 Å². The molecule has 0 spiro atoms. The third kappa shape index (κ3) is 12.7. The molecule has 0 aromatic carbocycles. The Labute approximate surface area is 196 Å². The molecule has 2 rings (SSSR count). The number of hydrogen-bond donors (Lipinski definition) is 2. The van der Waals surface area contributed by atoms with Crippen molar-refractivity contribution in [2.45, 2.75) is 117 Å². The molecule has 4 heteroatoms. The van der Waals surface area contributed by atoms with E-state index in [1.54, 1.807) is 0 Å². The first kappa shape index (κ1) is 27.9. The van der Waals surface area contributed by atoms with Crippen LogP contribution >= 0.6 is 0 Å². The van der Waals surface area contributed by atoms with Crippen molar-refractivity contribution in [3.8, 4) is 0 Å². The Morgan fingerprint density at radius 2 is 0.969 bits per heavy atom. The molecule has 2 fully saturated rings. The van der Waals surface area contributed by atoms with Gasteiger partial charge in [0.25, 0.3) is 11.8 Å². The molecule has 32 heavy (non-hydrogen) atoms. The highest BCUT2D eigenvalue weighted by atomic mass is 16.2. The van der Waals surface area contributed by atoms with E-state index in [1.165, 1.54) is 77.0 Å². The van der Waals surface area contributed by atoms with Crippen LogP contribution in [0.5, 0.6) is 0 Å². The van der Waals surface area contributed by atoms with E-state index in [4.69, 9.17) is 0 Å². The van der Waals surface area contributed by atoms with Crippen LogP contribution in [0.3, 0.4) is 0 Å². The van der Waals surface area contributed by atoms with Gasteiger partial charge in [-0.3, -0.25) is 9.59 Å². The molecule has 2 aliphatic heterocycles. The Morgan fingerprint density at radius 3 is 1.28 bits per heavy atom. The summed E-state index contributed by atoms with van der Waals surface area (Å²) in [5.74, 6) is 0.103. The van der Waals surface area contributed by atoms with E-state index in [9.17, 15) is 9.59 Å². The number of rotatable bonds is 14. The minimum atomic E-state index is 0.0496. The minimum Gasteiger partial charge on any atom is -0.326 e. The first-order chi connectivity index (χ1) is 15.5. The number of unbranched alkanes of at least 4 members (excludes halogenated alkanes) is 12. The smallest absolute Gasteiger partial charge is 0.251 e. The average molecular weight is 443 g/mol. The predicted molar refractivity (Wildman–Crippen MR) is 136 cm³/mol. The van der Waals surface area contributed by atoms with Crippen LogP contribution in [0.25, 0.3) is 0 Å². The van der Waals surface area contributed by atoms with Crippen LogP contribution in [-0.2, 0) is 9.59 Å². The average Bonchev–Trinajstić information content (AvgIpc) is 3.26.